The van der Waals surface area contributed by atoms with Crippen LogP contribution in [0.3, 0.4) is 0 Å². The summed E-state index contributed by atoms with van der Waals surface area (Å²) in [7, 11) is 0. The second-order valence-electron chi connectivity index (χ2n) is 4.32. The van der Waals surface area contributed by atoms with Crippen molar-refractivity contribution >= 4 is 0 Å². The van der Waals surface area contributed by atoms with E-state index in [4.69, 9.17) is 0 Å². The summed E-state index contributed by atoms with van der Waals surface area (Å²) in [5, 5.41) is 0. The van der Waals surface area contributed by atoms with Gasteiger partial charge in [-0.05, 0) is 0 Å². The zero-order valence-electron chi connectivity index (χ0n) is 9.75. The van der Waals surface area contributed by atoms with Gasteiger partial charge in [0, 0.05) is 0 Å². The average molecular weight is 315 g/mol. The minimum Gasteiger partial charge on any atom is -1.00 e. The zero-order valence-corrected chi connectivity index (χ0v) is 13.6. The molecule has 2 aliphatic rings. The molecule has 0 saturated heterocycles. The van der Waals surface area contributed by atoms with Crippen LogP contribution in [0.1, 0.15) is 46.0 Å². The van der Waals surface area contributed by atoms with E-state index in [-0.39, 0.29) is 37.2 Å². The van der Waals surface area contributed by atoms with Crippen LogP contribution in [0.2, 0.25) is 3.72 Å². The van der Waals surface area contributed by atoms with Gasteiger partial charge in [-0.3, -0.25) is 0 Å². The first-order chi connectivity index (χ1) is 6.17. The van der Waals surface area contributed by atoms with Crippen molar-refractivity contribution < 1.29 is 57.7 Å². The Bertz CT molecular complexity index is 297. The van der Waals surface area contributed by atoms with E-state index in [1.165, 1.54) is 32.1 Å². The van der Waals surface area contributed by atoms with Gasteiger partial charge in [0.25, 0.3) is 0 Å². The molecule has 1 unspecified atom stereocenters. The molecule has 0 aromatic carbocycles. The molecule has 0 aromatic heterocycles. The van der Waals surface area contributed by atoms with Crippen LogP contribution in [0.5, 0.6) is 0 Å². The van der Waals surface area contributed by atoms with Crippen LogP contribution < -0.4 is 37.2 Å². The first kappa shape index (κ1) is 19.4. The Balaban J connectivity index is 0. The summed E-state index contributed by atoms with van der Waals surface area (Å²) in [6, 6.07) is 0. The number of allylic oxidation sites excluding steroid dienone is 4. The topological polar surface area (TPSA) is 0 Å². The molecule has 2 rings (SSSR count). The van der Waals surface area contributed by atoms with Gasteiger partial charge < -0.3 is 37.2 Å². The third kappa shape index (κ3) is 3.30. The molecule has 16 heavy (non-hydrogen) atoms. The summed E-state index contributed by atoms with van der Waals surface area (Å²) >= 11 is 2.41. The van der Waals surface area contributed by atoms with Gasteiger partial charge in [-0.15, -0.1) is 0 Å². The Hall–Kier alpha value is 1.06. The Morgan fingerprint density at radius 1 is 1.19 bits per heavy atom. The predicted molar refractivity (Wildman–Crippen MR) is 52.2 cm³/mol. The maximum Gasteiger partial charge on any atom is -1.00 e. The molecule has 0 heterocycles. The van der Waals surface area contributed by atoms with E-state index in [0.29, 0.717) is 3.72 Å². The van der Waals surface area contributed by atoms with Crippen LogP contribution in [0.25, 0.3) is 0 Å². The van der Waals surface area contributed by atoms with Crippen molar-refractivity contribution in [3.8, 4) is 0 Å². The van der Waals surface area contributed by atoms with Gasteiger partial charge in [-0.1, -0.05) is 0 Å². The number of hydrogen-bond donors (Lipinski definition) is 0. The fourth-order valence-corrected chi connectivity index (χ4v) is 3.46. The minimum atomic E-state index is 0. The van der Waals surface area contributed by atoms with Gasteiger partial charge in [-0.25, -0.2) is 0 Å². The standard InChI is InChI=1S/C12H17.3ClH.Ti/c1-3-10-8-9(2)11-6-4-5-7-12(10)11;;;;/h8H,3-7H2,1-2H3;3*1H;/q;;;;+3/p-3. The van der Waals surface area contributed by atoms with Gasteiger partial charge in [-0.2, -0.15) is 0 Å². The first-order valence-electron chi connectivity index (χ1n) is 5.35. The third-order valence-electron chi connectivity index (χ3n) is 3.50. The van der Waals surface area contributed by atoms with Crippen LogP contribution in [0.4, 0.5) is 0 Å². The summed E-state index contributed by atoms with van der Waals surface area (Å²) in [4.78, 5) is 0. The molecule has 0 amide bonds. The van der Waals surface area contributed by atoms with E-state index in [0.717, 1.165) is 0 Å². The molecule has 2 aliphatic carbocycles. The number of hydrogen-bond acceptors (Lipinski definition) is 0. The molecule has 0 bridgehead atoms. The summed E-state index contributed by atoms with van der Waals surface area (Å²) < 4.78 is 0.417. The molecule has 0 spiro atoms. The Morgan fingerprint density at radius 2 is 1.75 bits per heavy atom. The van der Waals surface area contributed by atoms with E-state index in [1.807, 2.05) is 0 Å². The largest absolute Gasteiger partial charge is 1.00 e. The number of halogens is 3. The molecule has 90 valence electrons. The Labute approximate surface area is 129 Å². The minimum absolute atomic E-state index is 0. The second-order valence-corrected chi connectivity index (χ2v) is 5.71. The molecule has 0 aliphatic heterocycles. The van der Waals surface area contributed by atoms with Crippen molar-refractivity contribution in [1.82, 2.24) is 0 Å². The average Bonchev–Trinajstić information content (AvgIpc) is 2.42. The maximum absolute atomic E-state index is 2.50. The van der Waals surface area contributed by atoms with Crippen LogP contribution in [0.15, 0.2) is 22.8 Å². The predicted octanol–water partition coefficient (Wildman–Crippen LogP) is -5.06. The third-order valence-corrected chi connectivity index (χ3v) is 4.75. The van der Waals surface area contributed by atoms with Crippen LogP contribution >= 0.6 is 0 Å². The van der Waals surface area contributed by atoms with Crippen molar-refractivity contribution in [1.29, 1.82) is 0 Å². The summed E-state index contributed by atoms with van der Waals surface area (Å²) in [5.41, 5.74) is 5.04. The molecule has 0 radical (unpaired) electrons. The molecule has 0 N–H and O–H groups in total. The smallest absolute Gasteiger partial charge is 1.00 e. The fourth-order valence-electron chi connectivity index (χ4n) is 2.69. The monoisotopic (exact) mass is 314 g/mol. The van der Waals surface area contributed by atoms with Crippen molar-refractivity contribution in [3.63, 3.8) is 0 Å². The molecular weight excluding hydrogens is 298 g/mol. The normalized spacial score (nSPS) is 27.1. The Kier molecular flexibility index (Phi) is 9.08. The van der Waals surface area contributed by atoms with Gasteiger partial charge >= 0.3 is 92.9 Å². The van der Waals surface area contributed by atoms with E-state index in [1.54, 1.807) is 16.7 Å². The summed E-state index contributed by atoms with van der Waals surface area (Å²) in [6.45, 7) is 4.61. The molecule has 4 heteroatoms. The summed E-state index contributed by atoms with van der Waals surface area (Å²) in [6.07, 6.45) is 9.28. The Morgan fingerprint density at radius 3 is 2.31 bits per heavy atom. The van der Waals surface area contributed by atoms with Crippen LogP contribution in [-0.4, -0.2) is 0 Å². The van der Waals surface area contributed by atoms with Gasteiger partial charge in [0.15, 0.2) is 0 Å². The molecule has 0 aromatic rings. The van der Waals surface area contributed by atoms with Crippen LogP contribution in [0, 0.1) is 0 Å². The fraction of sp³-hybridized carbons (Fsp3) is 0.667. The van der Waals surface area contributed by atoms with Crippen molar-refractivity contribution in [3.05, 3.63) is 22.8 Å². The zero-order chi connectivity index (χ0) is 9.47. The van der Waals surface area contributed by atoms with Crippen LogP contribution in [-0.2, 0) is 20.4 Å². The molecule has 1 atom stereocenters. The maximum atomic E-state index is 2.50. The molecular formula is C12H17Cl3Ti. The van der Waals surface area contributed by atoms with Gasteiger partial charge in [0.05, 0.1) is 0 Å². The summed E-state index contributed by atoms with van der Waals surface area (Å²) in [5.74, 6) is 0. The van der Waals surface area contributed by atoms with Crippen molar-refractivity contribution in [2.24, 2.45) is 0 Å². The van der Waals surface area contributed by atoms with E-state index < -0.39 is 0 Å². The quantitative estimate of drug-likeness (QED) is 0.425. The first-order valence-corrected chi connectivity index (χ1v) is 6.13. The van der Waals surface area contributed by atoms with E-state index in [2.05, 4.69) is 40.4 Å². The SMILES string of the molecule is CC[C]1([Ti+3])C=C(C)C2=C1CCCC2.[Cl-].[Cl-].[Cl-]. The molecule has 0 saturated carbocycles. The van der Waals surface area contributed by atoms with Gasteiger partial charge in [0.1, 0.15) is 0 Å². The number of rotatable bonds is 1. The second kappa shape index (κ2) is 7.49. The molecule has 0 nitrogen and oxygen atoms in total. The van der Waals surface area contributed by atoms with Crippen molar-refractivity contribution in [2.45, 2.75) is 49.7 Å². The van der Waals surface area contributed by atoms with E-state index >= 15 is 0 Å². The van der Waals surface area contributed by atoms with Gasteiger partial charge in [0.2, 0.25) is 0 Å². The molecule has 0 fully saturated rings. The van der Waals surface area contributed by atoms with E-state index in [9.17, 15) is 0 Å². The van der Waals surface area contributed by atoms with Crippen molar-refractivity contribution in [2.75, 3.05) is 0 Å².